The maximum Gasteiger partial charge on any atom is 0.419 e. The number of carbonyl (C=O) groups excluding carboxylic acids is 3. The van der Waals surface area contributed by atoms with Gasteiger partial charge in [-0.25, -0.2) is 27.0 Å². The summed E-state index contributed by atoms with van der Waals surface area (Å²) in [4.78, 5) is 54.8. The fourth-order valence-electron chi connectivity index (χ4n) is 4.48. The topological polar surface area (TPSA) is 178 Å². The first-order valence-electron chi connectivity index (χ1n) is 12.4. The van der Waals surface area contributed by atoms with Crippen molar-refractivity contribution in [2.75, 3.05) is 19.3 Å². The number of nitrogens with zero attached hydrogens (tertiary/aromatic N) is 5. The van der Waals surface area contributed by atoms with Gasteiger partial charge in [-0.2, -0.15) is 5.10 Å². The van der Waals surface area contributed by atoms with E-state index in [0.29, 0.717) is 11.1 Å². The van der Waals surface area contributed by atoms with Gasteiger partial charge in [0.15, 0.2) is 17.0 Å². The molecule has 0 unspecified atom stereocenters. The van der Waals surface area contributed by atoms with Gasteiger partial charge in [-0.15, -0.1) is 0 Å². The number of hydrogen-bond acceptors (Lipinski definition) is 9. The first-order valence-corrected chi connectivity index (χ1v) is 14.3. The molecule has 1 aliphatic heterocycles. The van der Waals surface area contributed by atoms with Gasteiger partial charge >= 0.3 is 5.76 Å². The smallest absolute Gasteiger partial charge is 0.408 e. The van der Waals surface area contributed by atoms with E-state index in [9.17, 15) is 27.6 Å². The van der Waals surface area contributed by atoms with Gasteiger partial charge in [0.25, 0.3) is 11.8 Å². The van der Waals surface area contributed by atoms with Crippen LogP contribution in [0.25, 0.3) is 16.7 Å². The minimum Gasteiger partial charge on any atom is -0.408 e. The van der Waals surface area contributed by atoms with E-state index in [2.05, 4.69) is 20.7 Å². The fourth-order valence-corrected chi connectivity index (χ4v) is 5.44. The number of amides is 2. The van der Waals surface area contributed by atoms with Crippen molar-refractivity contribution in [3.63, 3.8) is 0 Å². The van der Waals surface area contributed by atoms with Crippen molar-refractivity contribution in [1.29, 1.82) is 0 Å². The van der Waals surface area contributed by atoms with E-state index in [0.717, 1.165) is 11.8 Å². The second kappa shape index (κ2) is 10.3. The molecule has 1 fully saturated rings. The highest BCUT2D eigenvalue weighted by atomic mass is 32.2. The summed E-state index contributed by atoms with van der Waals surface area (Å²) in [5, 5.41) is 9.50. The summed E-state index contributed by atoms with van der Waals surface area (Å²) in [6, 6.07) is 7.09. The second-order valence-corrected chi connectivity index (χ2v) is 11.8. The van der Waals surface area contributed by atoms with Crippen molar-refractivity contribution in [1.82, 2.24) is 34.1 Å². The van der Waals surface area contributed by atoms with Gasteiger partial charge in [0.1, 0.15) is 11.4 Å². The Morgan fingerprint density at radius 2 is 1.90 bits per heavy atom. The number of rotatable bonds is 9. The highest BCUT2D eigenvalue weighted by molar-refractivity contribution is 7.88. The normalized spacial score (nSPS) is 15.2. The molecule has 210 valence electrons. The molecule has 0 saturated carbocycles. The third-order valence-corrected chi connectivity index (χ3v) is 8.08. The Hall–Kier alpha value is -4.37. The van der Waals surface area contributed by atoms with Crippen molar-refractivity contribution < 1.29 is 27.2 Å². The number of fused-ring (bicyclic) bond motifs is 2. The summed E-state index contributed by atoms with van der Waals surface area (Å²) >= 11 is 0. The van der Waals surface area contributed by atoms with Gasteiger partial charge < -0.3 is 15.1 Å². The average molecular weight is 570 g/mol. The van der Waals surface area contributed by atoms with Crippen molar-refractivity contribution in [3.8, 4) is 0 Å². The van der Waals surface area contributed by atoms with Crippen LogP contribution in [-0.2, 0) is 28.4 Å². The molecule has 5 rings (SSSR count). The molecule has 4 heterocycles. The lowest BCUT2D eigenvalue weighted by Gasteiger charge is -2.37. The number of oxazole rings is 1. The Morgan fingerprint density at radius 1 is 1.15 bits per heavy atom. The number of aromatic nitrogens is 4. The van der Waals surface area contributed by atoms with Crippen molar-refractivity contribution in [2.45, 2.75) is 25.9 Å². The van der Waals surface area contributed by atoms with Crippen molar-refractivity contribution in [3.05, 3.63) is 64.0 Å². The number of nitrogens with one attached hydrogen (secondary N) is 2. The molecule has 0 bridgehead atoms. The molecule has 0 spiro atoms. The number of aryl methyl sites for hydroxylation is 1. The molecular formula is C25H27N7O7S. The van der Waals surface area contributed by atoms with E-state index in [4.69, 9.17) is 4.42 Å². The number of ketones is 1. The van der Waals surface area contributed by atoms with E-state index >= 15 is 0 Å². The zero-order valence-electron chi connectivity index (χ0n) is 21.9. The molecule has 2 amide bonds. The Kier molecular flexibility index (Phi) is 7.01. The summed E-state index contributed by atoms with van der Waals surface area (Å²) in [7, 11) is -1.69. The van der Waals surface area contributed by atoms with Crippen LogP contribution in [0.5, 0.6) is 0 Å². The minimum absolute atomic E-state index is 0.0153. The summed E-state index contributed by atoms with van der Waals surface area (Å²) in [5.41, 5.74) is 2.00. The SMILES string of the molecule is C[C@H](NC(=O)c1cc(C(=O)NCc2ccc3oc(=O)n(C)c3c2)nc2ccnn12)C(=O)CC1CN(S(C)(=O)=O)C1. The first kappa shape index (κ1) is 27.2. The van der Waals surface area contributed by atoms with Crippen LogP contribution in [0, 0.1) is 5.92 Å². The maximum absolute atomic E-state index is 13.1. The average Bonchev–Trinajstić information content (AvgIpc) is 3.46. The van der Waals surface area contributed by atoms with E-state index < -0.39 is 33.6 Å². The Bertz CT molecular complexity index is 1820. The third-order valence-electron chi connectivity index (χ3n) is 6.85. The van der Waals surface area contributed by atoms with E-state index in [1.807, 2.05) is 0 Å². The molecule has 1 aromatic carbocycles. The van der Waals surface area contributed by atoms with Gasteiger partial charge in [-0.1, -0.05) is 6.07 Å². The van der Waals surface area contributed by atoms with Crippen molar-refractivity contribution in [2.24, 2.45) is 13.0 Å². The Labute approximate surface area is 228 Å². The molecule has 1 saturated heterocycles. The number of Topliss-reactive ketones (excluding diaryl/α,β-unsaturated/α-hetero) is 1. The molecule has 2 N–H and O–H groups in total. The highest BCUT2D eigenvalue weighted by Gasteiger charge is 2.35. The molecular weight excluding hydrogens is 542 g/mol. The van der Waals surface area contributed by atoms with Gasteiger partial charge in [-0.3, -0.25) is 19.0 Å². The van der Waals surface area contributed by atoms with Crippen LogP contribution >= 0.6 is 0 Å². The van der Waals surface area contributed by atoms with Crippen LogP contribution in [0.15, 0.2) is 45.7 Å². The highest BCUT2D eigenvalue weighted by Crippen LogP contribution is 2.22. The monoisotopic (exact) mass is 569 g/mol. The van der Waals surface area contributed by atoms with E-state index in [1.54, 1.807) is 38.2 Å². The standard InChI is InChI=1S/C25H27N7O7S/c1-14(20(33)9-16-12-31(13-16)40(3,37)38)28-24(35)19-10-17(29-22-6-7-27-32(19)22)23(34)26-11-15-4-5-21-18(8-15)30(2)25(36)39-21/h4-8,10,14,16H,9,11-13H2,1-3H3,(H,26,34)(H,28,35)/t14-/m0/s1. The molecule has 1 atom stereocenters. The number of hydrogen-bond donors (Lipinski definition) is 2. The third kappa shape index (κ3) is 5.37. The lowest BCUT2D eigenvalue weighted by molar-refractivity contribution is -0.122. The van der Waals surface area contributed by atoms with Crippen LogP contribution in [0.1, 0.15) is 39.9 Å². The lowest BCUT2D eigenvalue weighted by Crippen LogP contribution is -2.51. The molecule has 1 aliphatic rings. The first-order chi connectivity index (χ1) is 18.9. The summed E-state index contributed by atoms with van der Waals surface area (Å²) < 4.78 is 32.1. The van der Waals surface area contributed by atoms with Crippen LogP contribution in [-0.4, -0.2) is 74.9 Å². The molecule has 0 aliphatic carbocycles. The van der Waals surface area contributed by atoms with Gasteiger partial charge in [-0.05, 0) is 30.5 Å². The Balaban J connectivity index is 1.26. The second-order valence-electron chi connectivity index (χ2n) is 9.85. The molecule has 0 radical (unpaired) electrons. The van der Waals surface area contributed by atoms with Gasteiger partial charge in [0, 0.05) is 45.2 Å². The number of sulfonamides is 1. The van der Waals surface area contributed by atoms with Gasteiger partial charge in [0.05, 0.1) is 24.0 Å². The van der Waals surface area contributed by atoms with E-state index in [1.165, 1.54) is 25.7 Å². The van der Waals surface area contributed by atoms with Gasteiger partial charge in [0.2, 0.25) is 10.0 Å². The van der Waals surface area contributed by atoms with Crippen LogP contribution in [0.4, 0.5) is 0 Å². The van der Waals surface area contributed by atoms with Crippen molar-refractivity contribution >= 4 is 44.4 Å². The molecule has 14 nitrogen and oxygen atoms in total. The van der Waals surface area contributed by atoms with Crippen LogP contribution < -0.4 is 16.4 Å². The summed E-state index contributed by atoms with van der Waals surface area (Å²) in [5.74, 6) is -1.98. The lowest BCUT2D eigenvalue weighted by atomic mass is 9.94. The predicted molar refractivity (Wildman–Crippen MR) is 142 cm³/mol. The number of carbonyl (C=O) groups is 3. The number of benzene rings is 1. The zero-order valence-corrected chi connectivity index (χ0v) is 22.8. The quantitative estimate of drug-likeness (QED) is 0.282. The van der Waals surface area contributed by atoms with Crippen LogP contribution in [0.3, 0.4) is 0 Å². The summed E-state index contributed by atoms with van der Waals surface area (Å²) in [6.07, 6.45) is 2.69. The summed E-state index contributed by atoms with van der Waals surface area (Å²) in [6.45, 7) is 2.23. The predicted octanol–water partition coefficient (Wildman–Crippen LogP) is 0.0731. The molecule has 15 heteroatoms. The largest absolute Gasteiger partial charge is 0.419 e. The zero-order chi connectivity index (χ0) is 28.8. The van der Waals surface area contributed by atoms with Crippen LogP contribution in [0.2, 0.25) is 0 Å². The molecule has 3 aromatic heterocycles. The fraction of sp³-hybridized carbons (Fsp3) is 0.360. The minimum atomic E-state index is -3.28. The maximum atomic E-state index is 13.1. The molecule has 4 aromatic rings. The molecule has 40 heavy (non-hydrogen) atoms. The Morgan fingerprint density at radius 3 is 2.62 bits per heavy atom. The van der Waals surface area contributed by atoms with E-state index in [-0.39, 0.29) is 54.8 Å².